The van der Waals surface area contributed by atoms with E-state index in [2.05, 4.69) is 15.9 Å². The summed E-state index contributed by atoms with van der Waals surface area (Å²) in [6.07, 6.45) is 2.34. The van der Waals surface area contributed by atoms with Gasteiger partial charge in [-0.1, -0.05) is 15.9 Å². The summed E-state index contributed by atoms with van der Waals surface area (Å²) in [5, 5.41) is 0.704. The highest BCUT2D eigenvalue weighted by Gasteiger charge is 2.36. The van der Waals surface area contributed by atoms with Gasteiger partial charge in [-0.15, -0.1) is 0 Å². The first kappa shape index (κ1) is 16.8. The van der Waals surface area contributed by atoms with Crippen molar-refractivity contribution in [2.75, 3.05) is 18.4 Å². The largest absolute Gasteiger partial charge is 0.444 e. The van der Waals surface area contributed by atoms with Crippen LogP contribution in [0.5, 0.6) is 0 Å². The van der Waals surface area contributed by atoms with E-state index in [1.165, 1.54) is 0 Å². The lowest BCUT2D eigenvalue weighted by Gasteiger charge is -2.35. The Bertz CT molecular complexity index is 312. The average Bonchev–Trinajstić information content (AvgIpc) is 3.07. The van der Waals surface area contributed by atoms with Crippen LogP contribution in [0.15, 0.2) is 0 Å². The first-order chi connectivity index (χ1) is 8.69. The van der Waals surface area contributed by atoms with Crippen molar-refractivity contribution in [3.05, 3.63) is 0 Å². The molecule has 0 radical (unpaired) electrons. The van der Waals surface area contributed by atoms with Crippen molar-refractivity contribution in [1.29, 1.82) is 0 Å². The van der Waals surface area contributed by atoms with Gasteiger partial charge in [-0.2, -0.15) is 0 Å². The maximum absolute atomic E-state index is 12.1. The summed E-state index contributed by atoms with van der Waals surface area (Å²) in [5.74, 6) is 0. The predicted molar refractivity (Wildman–Crippen MR) is 79.8 cm³/mol. The molecule has 0 aromatic rings. The lowest BCUT2D eigenvalue weighted by molar-refractivity contribution is -0.0508. The molecule has 4 nitrogen and oxygen atoms in total. The molecule has 0 N–H and O–H groups in total. The molecule has 0 saturated heterocycles. The molecule has 0 bridgehead atoms. The quantitative estimate of drug-likeness (QED) is 0.696. The number of nitrogens with zero attached hydrogens (tertiary/aromatic N) is 1. The molecule has 1 unspecified atom stereocenters. The number of carbonyl (C=O) groups is 1. The summed E-state index contributed by atoms with van der Waals surface area (Å²) in [4.78, 5) is 13.8. The number of rotatable bonds is 6. The fraction of sp³-hybridized carbons (Fsp3) is 0.929. The molecule has 0 aromatic carbocycles. The molecule has 0 aromatic heterocycles. The van der Waals surface area contributed by atoms with Crippen molar-refractivity contribution in [2.24, 2.45) is 0 Å². The highest BCUT2D eigenvalue weighted by molar-refractivity contribution is 9.09. The summed E-state index contributed by atoms with van der Waals surface area (Å²) >= 11 is 3.49. The molecular formula is C14H26BrNO3. The summed E-state index contributed by atoms with van der Waals surface area (Å²) < 4.78 is 11.4. The maximum atomic E-state index is 12.1. The van der Waals surface area contributed by atoms with Crippen LogP contribution in [0, 0.1) is 0 Å². The number of amides is 1. The number of alkyl halides is 1. The molecule has 1 saturated carbocycles. The topological polar surface area (TPSA) is 38.8 Å². The van der Waals surface area contributed by atoms with Gasteiger partial charge in [0, 0.05) is 11.9 Å². The van der Waals surface area contributed by atoms with Gasteiger partial charge < -0.3 is 14.4 Å². The highest BCUT2D eigenvalue weighted by atomic mass is 79.9. The van der Waals surface area contributed by atoms with Crippen LogP contribution in [0.25, 0.3) is 0 Å². The second-order valence-electron chi connectivity index (χ2n) is 6.40. The molecule has 5 heteroatoms. The van der Waals surface area contributed by atoms with Crippen molar-refractivity contribution >= 4 is 22.0 Å². The molecular weight excluding hydrogens is 310 g/mol. The first-order valence-corrected chi connectivity index (χ1v) is 8.03. The molecule has 1 fully saturated rings. The zero-order valence-corrected chi connectivity index (χ0v) is 14.2. The molecule has 112 valence electrons. The minimum atomic E-state index is -0.466. The minimum absolute atomic E-state index is 0.276. The maximum Gasteiger partial charge on any atom is 0.410 e. The normalized spacial score (nSPS) is 18.8. The lowest BCUT2D eigenvalue weighted by Crippen LogP contribution is -2.48. The van der Waals surface area contributed by atoms with Crippen LogP contribution in [0.2, 0.25) is 0 Å². The zero-order chi connectivity index (χ0) is 14.7. The molecule has 0 aliphatic heterocycles. The number of carbonyl (C=O) groups excluding carboxylic acids is 1. The van der Waals surface area contributed by atoms with Crippen molar-refractivity contribution in [1.82, 2.24) is 4.90 Å². The van der Waals surface area contributed by atoms with Gasteiger partial charge in [0.15, 0.2) is 0 Å². The van der Waals surface area contributed by atoms with E-state index >= 15 is 0 Å². The minimum Gasteiger partial charge on any atom is -0.444 e. The zero-order valence-electron chi connectivity index (χ0n) is 12.7. The summed E-state index contributed by atoms with van der Waals surface area (Å²) in [6.45, 7) is 10.8. The standard InChI is InChI=1S/C14H26BrNO3/c1-6-16(12(17)19-13(2,3)4)10-14(5,9-15)18-11-7-8-11/h11H,6-10H2,1-5H3. The molecule has 0 heterocycles. The Morgan fingerprint density at radius 2 is 1.89 bits per heavy atom. The van der Waals surface area contributed by atoms with Crippen molar-refractivity contribution in [2.45, 2.75) is 64.8 Å². The number of ether oxygens (including phenoxy) is 2. The third kappa shape index (κ3) is 6.13. The summed E-state index contributed by atoms with van der Waals surface area (Å²) in [7, 11) is 0. The van der Waals surface area contributed by atoms with Gasteiger partial charge in [0.25, 0.3) is 0 Å². The van der Waals surface area contributed by atoms with Gasteiger partial charge in [-0.05, 0) is 47.5 Å². The number of likely N-dealkylation sites (N-methyl/N-ethyl adjacent to an activating group) is 1. The summed E-state index contributed by atoms with van der Waals surface area (Å²) in [5.41, 5.74) is -0.819. The van der Waals surface area contributed by atoms with E-state index in [0.717, 1.165) is 12.8 Å². The van der Waals surface area contributed by atoms with Crippen LogP contribution in [0.4, 0.5) is 4.79 Å². The smallest absolute Gasteiger partial charge is 0.410 e. The van der Waals surface area contributed by atoms with Gasteiger partial charge in [0.05, 0.1) is 18.2 Å². The van der Waals surface area contributed by atoms with Gasteiger partial charge in [-0.25, -0.2) is 4.79 Å². The van der Waals surface area contributed by atoms with E-state index < -0.39 is 5.60 Å². The third-order valence-corrected chi connectivity index (χ3v) is 4.00. The fourth-order valence-corrected chi connectivity index (χ4v) is 2.04. The van der Waals surface area contributed by atoms with Crippen molar-refractivity contribution in [3.8, 4) is 0 Å². The number of hydrogen-bond donors (Lipinski definition) is 0. The fourth-order valence-electron chi connectivity index (χ4n) is 1.73. The lowest BCUT2D eigenvalue weighted by atomic mass is 10.1. The average molecular weight is 336 g/mol. The van der Waals surface area contributed by atoms with E-state index in [-0.39, 0.29) is 11.7 Å². The second kappa shape index (κ2) is 6.44. The van der Waals surface area contributed by atoms with E-state index in [9.17, 15) is 4.79 Å². The number of hydrogen-bond acceptors (Lipinski definition) is 3. The Balaban J connectivity index is 2.60. The molecule has 1 atom stereocenters. The van der Waals surface area contributed by atoms with Crippen molar-refractivity contribution in [3.63, 3.8) is 0 Å². The van der Waals surface area contributed by atoms with Gasteiger partial charge >= 0.3 is 6.09 Å². The van der Waals surface area contributed by atoms with Gasteiger partial charge in [0.2, 0.25) is 0 Å². The van der Waals surface area contributed by atoms with Crippen LogP contribution in [-0.4, -0.2) is 46.7 Å². The molecule has 0 spiro atoms. The Morgan fingerprint density at radius 1 is 1.32 bits per heavy atom. The third-order valence-electron chi connectivity index (χ3n) is 2.82. The molecule has 19 heavy (non-hydrogen) atoms. The molecule has 1 rings (SSSR count). The van der Waals surface area contributed by atoms with E-state index in [1.807, 2.05) is 34.6 Å². The Labute approximate surface area is 124 Å². The van der Waals surface area contributed by atoms with Crippen LogP contribution in [0.1, 0.15) is 47.5 Å². The van der Waals surface area contributed by atoms with Crippen LogP contribution in [0.3, 0.4) is 0 Å². The van der Waals surface area contributed by atoms with Crippen LogP contribution >= 0.6 is 15.9 Å². The first-order valence-electron chi connectivity index (χ1n) is 6.91. The Kier molecular flexibility index (Phi) is 5.68. The second-order valence-corrected chi connectivity index (χ2v) is 6.96. The Hall–Kier alpha value is -0.290. The predicted octanol–water partition coefficient (Wildman–Crippen LogP) is 3.58. The monoisotopic (exact) mass is 335 g/mol. The molecule has 1 amide bonds. The molecule has 1 aliphatic rings. The Morgan fingerprint density at radius 3 is 2.26 bits per heavy atom. The molecule has 1 aliphatic carbocycles. The van der Waals surface area contributed by atoms with E-state index in [0.29, 0.717) is 24.5 Å². The van der Waals surface area contributed by atoms with Crippen LogP contribution in [-0.2, 0) is 9.47 Å². The number of halogens is 1. The van der Waals surface area contributed by atoms with Crippen LogP contribution < -0.4 is 0 Å². The van der Waals surface area contributed by atoms with Gasteiger partial charge in [-0.3, -0.25) is 0 Å². The van der Waals surface area contributed by atoms with E-state index in [4.69, 9.17) is 9.47 Å². The van der Waals surface area contributed by atoms with Crippen molar-refractivity contribution < 1.29 is 14.3 Å². The summed E-state index contributed by atoms with van der Waals surface area (Å²) in [6, 6.07) is 0. The highest BCUT2D eigenvalue weighted by Crippen LogP contribution is 2.30. The SMILES string of the molecule is CCN(CC(C)(CBr)OC1CC1)C(=O)OC(C)(C)C. The van der Waals surface area contributed by atoms with Gasteiger partial charge in [0.1, 0.15) is 5.60 Å². The van der Waals surface area contributed by atoms with E-state index in [1.54, 1.807) is 4.90 Å².